The highest BCUT2D eigenvalue weighted by molar-refractivity contribution is 6.15. The average molecular weight is 675 g/mol. The van der Waals surface area contributed by atoms with Gasteiger partial charge in [-0.2, -0.15) is 0 Å². The van der Waals surface area contributed by atoms with E-state index in [0.29, 0.717) is 0 Å². The summed E-state index contributed by atoms with van der Waals surface area (Å²) in [6.45, 7) is 3.14. The van der Waals surface area contributed by atoms with Crippen molar-refractivity contribution in [2.75, 3.05) is 19.6 Å². The van der Waals surface area contributed by atoms with Crippen molar-refractivity contribution in [3.63, 3.8) is 0 Å². The fourth-order valence-corrected chi connectivity index (χ4v) is 7.22. The number of esters is 2. The van der Waals surface area contributed by atoms with Crippen LogP contribution in [0, 0.1) is 0 Å². The predicted molar refractivity (Wildman–Crippen MR) is 186 cm³/mol. The Labute approximate surface area is 292 Å². The molecule has 258 valence electrons. The van der Waals surface area contributed by atoms with Crippen LogP contribution in [0.15, 0.2) is 97.1 Å². The molecule has 0 aromatic heterocycles. The van der Waals surface area contributed by atoms with Gasteiger partial charge in [-0.1, -0.05) is 98.1 Å². The number of likely N-dealkylation sites (tertiary alicyclic amines) is 1. The molecule has 2 N–H and O–H groups in total. The van der Waals surface area contributed by atoms with E-state index in [1.54, 1.807) is 0 Å². The Morgan fingerprint density at radius 3 is 2.10 bits per heavy atom. The number of nitrogens with zero attached hydrogens (tertiary/aromatic N) is 1. The van der Waals surface area contributed by atoms with Crippen molar-refractivity contribution in [3.8, 4) is 0 Å². The normalized spacial score (nSPS) is 22.7. The molecule has 3 heterocycles. The lowest BCUT2D eigenvalue weighted by Gasteiger charge is -2.44. The second kappa shape index (κ2) is 15.5. The summed E-state index contributed by atoms with van der Waals surface area (Å²) in [5.41, 5.74) is 5.34. The first-order valence-corrected chi connectivity index (χ1v) is 17.5. The van der Waals surface area contributed by atoms with Gasteiger partial charge < -0.3 is 29.5 Å². The number of aliphatic hydroxyl groups is 1. The molecule has 0 radical (unpaired) electrons. The minimum absolute atomic E-state index is 0.0208. The van der Waals surface area contributed by atoms with E-state index in [1.807, 2.05) is 42.5 Å². The lowest BCUT2D eigenvalue weighted by molar-refractivity contribution is -0.263. The minimum atomic E-state index is -0.744. The van der Waals surface area contributed by atoms with Crippen LogP contribution in [0.1, 0.15) is 109 Å². The van der Waals surface area contributed by atoms with Crippen molar-refractivity contribution in [1.82, 2.24) is 10.2 Å². The van der Waals surface area contributed by atoms with Gasteiger partial charge in [0.25, 0.3) is 5.91 Å². The van der Waals surface area contributed by atoms with Crippen LogP contribution in [0.3, 0.4) is 0 Å². The standard InChI is InChI=1S/C41H42N2O7/c44-26-28-13-15-30(16-14-28)37-36(29-9-5-4-6-10-29)35(25-43-21-7-2-1-3-8-22-43)48-41(49-37)31-17-11-27(12-18-31)24-42-38(45)32-19-20-33-34(23-32)40(47)50-39(33)46/h4-6,9-20,23,35-37,41,44H,1-3,7-8,21-22,24-26H2,(H,42,45). The van der Waals surface area contributed by atoms with Gasteiger partial charge in [-0.05, 0) is 66.4 Å². The molecule has 4 aromatic carbocycles. The minimum Gasteiger partial charge on any atom is -0.392 e. The number of carbonyl (C=O) groups excluding carboxylic acids is 3. The van der Waals surface area contributed by atoms with Gasteiger partial charge in [0.15, 0.2) is 6.29 Å². The number of hydrogen-bond donors (Lipinski definition) is 2. The van der Waals surface area contributed by atoms with E-state index in [0.717, 1.165) is 47.5 Å². The number of fused-ring (bicyclic) bond motifs is 1. The second-order valence-electron chi connectivity index (χ2n) is 13.3. The molecule has 9 nitrogen and oxygen atoms in total. The van der Waals surface area contributed by atoms with Crippen molar-refractivity contribution in [2.24, 2.45) is 0 Å². The van der Waals surface area contributed by atoms with Gasteiger partial charge in [-0.25, -0.2) is 9.59 Å². The molecule has 9 heteroatoms. The van der Waals surface area contributed by atoms with Gasteiger partial charge in [0.1, 0.15) is 0 Å². The van der Waals surface area contributed by atoms with Crippen LogP contribution in [0.2, 0.25) is 0 Å². The van der Waals surface area contributed by atoms with E-state index in [2.05, 4.69) is 51.4 Å². The molecule has 7 rings (SSSR count). The Morgan fingerprint density at radius 2 is 1.38 bits per heavy atom. The topological polar surface area (TPSA) is 114 Å². The van der Waals surface area contributed by atoms with Gasteiger partial charge in [0.05, 0.1) is 29.9 Å². The Balaban J connectivity index is 1.12. The smallest absolute Gasteiger partial charge is 0.346 e. The molecular formula is C41H42N2O7. The van der Waals surface area contributed by atoms with E-state index >= 15 is 0 Å². The monoisotopic (exact) mass is 674 g/mol. The Bertz CT molecular complexity index is 1800. The number of rotatable bonds is 9. The Hall–Kier alpha value is -4.67. The van der Waals surface area contributed by atoms with E-state index in [1.165, 1.54) is 50.3 Å². The summed E-state index contributed by atoms with van der Waals surface area (Å²) >= 11 is 0. The van der Waals surface area contributed by atoms with Crippen LogP contribution >= 0.6 is 0 Å². The molecule has 2 fully saturated rings. The first-order valence-electron chi connectivity index (χ1n) is 17.5. The van der Waals surface area contributed by atoms with Crippen LogP contribution in [0.25, 0.3) is 0 Å². The van der Waals surface area contributed by atoms with Crippen LogP contribution < -0.4 is 5.32 Å². The molecule has 4 atom stereocenters. The second-order valence-corrected chi connectivity index (χ2v) is 13.3. The van der Waals surface area contributed by atoms with Gasteiger partial charge in [-0.3, -0.25) is 4.79 Å². The largest absolute Gasteiger partial charge is 0.392 e. The summed E-state index contributed by atoms with van der Waals surface area (Å²) in [6.07, 6.45) is 5.14. The van der Waals surface area contributed by atoms with Crippen molar-refractivity contribution in [2.45, 2.75) is 69.7 Å². The Morgan fingerprint density at radius 1 is 0.720 bits per heavy atom. The van der Waals surface area contributed by atoms with Crippen LogP contribution in [-0.4, -0.2) is 53.6 Å². The molecule has 0 bridgehead atoms. The Kier molecular flexibility index (Phi) is 10.5. The van der Waals surface area contributed by atoms with Crippen LogP contribution in [-0.2, 0) is 27.4 Å². The number of carbonyl (C=O) groups is 3. The molecule has 2 saturated heterocycles. The number of ether oxygens (including phenoxy) is 3. The van der Waals surface area contributed by atoms with Gasteiger partial charge >= 0.3 is 11.9 Å². The molecule has 0 aliphatic carbocycles. The van der Waals surface area contributed by atoms with Crippen molar-refractivity contribution in [3.05, 3.63) is 142 Å². The zero-order chi connectivity index (χ0) is 34.5. The van der Waals surface area contributed by atoms with Crippen molar-refractivity contribution < 1.29 is 33.7 Å². The van der Waals surface area contributed by atoms with E-state index in [9.17, 15) is 19.5 Å². The van der Waals surface area contributed by atoms with Crippen molar-refractivity contribution in [1.29, 1.82) is 0 Å². The van der Waals surface area contributed by atoms with Crippen LogP contribution in [0.4, 0.5) is 0 Å². The van der Waals surface area contributed by atoms with E-state index < -0.39 is 18.2 Å². The molecule has 1 amide bonds. The molecule has 0 spiro atoms. The number of hydrogen-bond acceptors (Lipinski definition) is 8. The number of nitrogens with one attached hydrogen (secondary N) is 1. The number of benzene rings is 4. The number of cyclic esters (lactones) is 2. The lowest BCUT2D eigenvalue weighted by Crippen LogP contribution is -2.45. The van der Waals surface area contributed by atoms with Gasteiger partial charge in [0.2, 0.25) is 0 Å². The number of amides is 1. The zero-order valence-electron chi connectivity index (χ0n) is 28.0. The third kappa shape index (κ3) is 7.56. The third-order valence-electron chi connectivity index (χ3n) is 9.97. The molecule has 50 heavy (non-hydrogen) atoms. The first kappa shape index (κ1) is 33.8. The third-order valence-corrected chi connectivity index (χ3v) is 9.97. The maximum atomic E-state index is 12.9. The summed E-state index contributed by atoms with van der Waals surface area (Å²) in [4.78, 5) is 39.2. The molecular weight excluding hydrogens is 632 g/mol. The van der Waals surface area contributed by atoms with Crippen LogP contribution in [0.5, 0.6) is 0 Å². The summed E-state index contributed by atoms with van der Waals surface area (Å²) in [6, 6.07) is 30.7. The molecule has 0 saturated carbocycles. The van der Waals surface area contributed by atoms with Gasteiger partial charge in [0, 0.05) is 30.1 Å². The highest BCUT2D eigenvalue weighted by atomic mass is 16.7. The maximum absolute atomic E-state index is 12.9. The van der Waals surface area contributed by atoms with E-state index in [-0.39, 0.29) is 53.9 Å². The maximum Gasteiger partial charge on any atom is 0.346 e. The average Bonchev–Trinajstić information content (AvgIpc) is 3.43. The molecule has 3 aliphatic heterocycles. The highest BCUT2D eigenvalue weighted by Crippen LogP contribution is 2.47. The SMILES string of the molecule is O=C(NCc1ccc(C2OC(CN3CCCCCCC3)C(c3ccccc3)C(c3ccc(CO)cc3)O2)cc1)c1ccc2c(c1)C(=O)OC2=O. The van der Waals surface area contributed by atoms with E-state index in [4.69, 9.17) is 9.47 Å². The lowest BCUT2D eigenvalue weighted by atomic mass is 9.83. The predicted octanol–water partition coefficient (Wildman–Crippen LogP) is 6.62. The fourth-order valence-electron chi connectivity index (χ4n) is 7.22. The summed E-state index contributed by atoms with van der Waals surface area (Å²) < 4.78 is 18.4. The number of aliphatic hydroxyl groups excluding tert-OH is 1. The molecule has 4 unspecified atom stereocenters. The zero-order valence-corrected chi connectivity index (χ0v) is 28.0. The quantitative estimate of drug-likeness (QED) is 0.150. The first-order chi connectivity index (χ1) is 24.5. The summed E-state index contributed by atoms with van der Waals surface area (Å²) in [5, 5.41) is 12.6. The molecule has 4 aromatic rings. The molecule has 3 aliphatic rings. The highest BCUT2D eigenvalue weighted by Gasteiger charge is 2.42. The fraction of sp³-hybridized carbons (Fsp3) is 0.341. The summed E-state index contributed by atoms with van der Waals surface area (Å²) in [7, 11) is 0. The van der Waals surface area contributed by atoms with Gasteiger partial charge in [-0.15, -0.1) is 0 Å². The summed E-state index contributed by atoms with van der Waals surface area (Å²) in [5.74, 6) is -1.86. The van der Waals surface area contributed by atoms with Crippen molar-refractivity contribution >= 4 is 17.8 Å².